The first-order valence-corrected chi connectivity index (χ1v) is 24.8. The van der Waals surface area contributed by atoms with Crippen LogP contribution in [0.2, 0.25) is 0 Å². The summed E-state index contributed by atoms with van der Waals surface area (Å²) in [6.07, 6.45) is 9.60. The number of carbonyl (C=O) groups is 5. The van der Waals surface area contributed by atoms with E-state index in [0.717, 1.165) is 117 Å². The number of piperidine rings is 3. The zero-order valence-corrected chi connectivity index (χ0v) is 39.9. The number of piperazine rings is 1. The number of nitrogens with one attached hydrogen (secondary N) is 3. The Kier molecular flexibility index (Phi) is 13.4. The van der Waals surface area contributed by atoms with E-state index < -0.39 is 11.9 Å². The number of pyridine rings is 1. The predicted octanol–water partition coefficient (Wildman–Crippen LogP) is 3.86. The third-order valence-electron chi connectivity index (χ3n) is 14.0. The maximum absolute atomic E-state index is 13.3. The van der Waals surface area contributed by atoms with Crippen LogP contribution in [0.4, 0.5) is 23.1 Å². The third kappa shape index (κ3) is 10.6. The van der Waals surface area contributed by atoms with Crippen LogP contribution >= 0.6 is 11.8 Å². The van der Waals surface area contributed by atoms with Crippen LogP contribution < -0.4 is 36.4 Å². The summed E-state index contributed by atoms with van der Waals surface area (Å²) in [4.78, 5) is 89.1. The summed E-state index contributed by atoms with van der Waals surface area (Å²) in [5, 5.41) is 17.7. The second-order valence-electron chi connectivity index (χ2n) is 18.9. The lowest BCUT2D eigenvalue weighted by atomic mass is 9.91. The summed E-state index contributed by atoms with van der Waals surface area (Å²) in [5.74, 6) is 0.855. The van der Waals surface area contributed by atoms with Gasteiger partial charge in [0.15, 0.2) is 11.5 Å². The number of hydrogen-bond acceptors (Lipinski definition) is 16. The van der Waals surface area contributed by atoms with Crippen molar-refractivity contribution in [3.05, 3.63) is 113 Å². The molecule has 1 unspecified atom stereocenters. The first kappa shape index (κ1) is 46.7. The van der Waals surface area contributed by atoms with Gasteiger partial charge in [0.05, 0.1) is 18.0 Å². The quantitative estimate of drug-likeness (QED) is 0.130. The number of hydrogen-bond donors (Lipinski definition) is 4. The monoisotopic (exact) mass is 964 g/mol. The molecule has 0 aliphatic carbocycles. The Morgan fingerprint density at radius 1 is 0.771 bits per heavy atom. The fraction of sp³-hybridized carbons (Fsp3) is 0.400. The van der Waals surface area contributed by atoms with E-state index in [9.17, 15) is 24.0 Å². The highest BCUT2D eigenvalue weighted by atomic mass is 32.2. The van der Waals surface area contributed by atoms with Crippen LogP contribution in [-0.2, 0) is 22.7 Å². The molecule has 8 heterocycles. The van der Waals surface area contributed by atoms with E-state index in [4.69, 9.17) is 10.7 Å². The van der Waals surface area contributed by atoms with Gasteiger partial charge in [-0.1, -0.05) is 30.0 Å². The number of nitrogens with zero attached hydrogens (tertiary/aromatic N) is 10. The van der Waals surface area contributed by atoms with Crippen molar-refractivity contribution in [1.29, 1.82) is 0 Å². The second-order valence-corrected chi connectivity index (χ2v) is 20.0. The molecule has 10 rings (SSSR count). The number of imide groups is 1. The molecule has 1 atom stereocenters. The number of benzene rings is 2. The molecule has 5 aliphatic heterocycles. The molecule has 3 aromatic heterocycles. The first-order valence-electron chi connectivity index (χ1n) is 23.9. The van der Waals surface area contributed by atoms with Crippen molar-refractivity contribution in [2.24, 2.45) is 5.73 Å². The summed E-state index contributed by atoms with van der Waals surface area (Å²) in [7, 11) is 0. The highest BCUT2D eigenvalue weighted by Crippen LogP contribution is 2.31. The fourth-order valence-corrected chi connectivity index (χ4v) is 10.6. The van der Waals surface area contributed by atoms with Crippen molar-refractivity contribution < 1.29 is 24.0 Å². The smallest absolute Gasteiger partial charge is 0.272 e. The standard InChI is InChI=1S/C50H56N14O5S/c1-50(51)15-19-62(20-16-50)43-29-54-45(30-53-43)70-37-4-2-3-35(26-37)56-46(66)33-6-10-41(52-28-33)61-17-13-36(14-18-61)60-21-23-63(24-22-60)42-11-8-39(58-59-42)47(67)55-27-32-5-7-38-34(25-32)31-64(49(38)69)40-9-12-44(65)57-48(40)68/h2-8,10-11,25-26,28-30,36,40H,9,12-24,27,31,51H2,1H3,(H,55,67)(H,56,66)(H,57,65,68). The van der Waals surface area contributed by atoms with Crippen LogP contribution in [0.3, 0.4) is 0 Å². The Morgan fingerprint density at radius 2 is 1.53 bits per heavy atom. The van der Waals surface area contributed by atoms with Crippen LogP contribution in [0.15, 0.2) is 95.2 Å². The van der Waals surface area contributed by atoms with Gasteiger partial charge in [0.25, 0.3) is 17.7 Å². The summed E-state index contributed by atoms with van der Waals surface area (Å²) in [6, 6.07) is 20.1. The Balaban J connectivity index is 0.640. The minimum absolute atomic E-state index is 0.124. The molecule has 5 amide bonds. The number of anilines is 4. The number of carbonyl (C=O) groups excluding carboxylic acids is 5. The SMILES string of the molecule is CC1(N)CCN(c2cnc(Sc3cccc(NC(=O)c4ccc(N5CCC(N6CCN(c7ccc(C(=O)NCc8ccc9c(c8)CN(C8CCC(=O)NC8=O)C9=O)nn7)CC6)CC5)nc4)c3)cn2)CC1. The van der Waals surface area contributed by atoms with Gasteiger partial charge in [0, 0.05) is 106 Å². The van der Waals surface area contributed by atoms with Crippen LogP contribution in [-0.4, -0.2) is 134 Å². The number of amides is 5. The fourth-order valence-electron chi connectivity index (χ4n) is 9.84. The van der Waals surface area contributed by atoms with E-state index >= 15 is 0 Å². The molecule has 0 radical (unpaired) electrons. The number of nitrogens with two attached hydrogens (primary N) is 1. The molecule has 5 aliphatic rings. The zero-order chi connectivity index (χ0) is 48.4. The molecule has 0 bridgehead atoms. The molecule has 20 heteroatoms. The van der Waals surface area contributed by atoms with Crippen molar-refractivity contribution in [3.63, 3.8) is 0 Å². The van der Waals surface area contributed by atoms with Gasteiger partial charge >= 0.3 is 0 Å². The average Bonchev–Trinajstić information content (AvgIpc) is 3.70. The minimum Gasteiger partial charge on any atom is -0.357 e. The highest BCUT2D eigenvalue weighted by molar-refractivity contribution is 7.99. The number of aromatic nitrogens is 5. The maximum atomic E-state index is 13.3. The molecule has 4 fully saturated rings. The molecule has 2 aromatic carbocycles. The van der Waals surface area contributed by atoms with E-state index in [1.807, 2.05) is 54.7 Å². The zero-order valence-electron chi connectivity index (χ0n) is 39.1. The van der Waals surface area contributed by atoms with Crippen LogP contribution in [0, 0.1) is 0 Å². The van der Waals surface area contributed by atoms with Gasteiger partial charge in [-0.15, -0.1) is 10.2 Å². The van der Waals surface area contributed by atoms with Gasteiger partial charge in [-0.2, -0.15) is 0 Å². The maximum Gasteiger partial charge on any atom is 0.272 e. The van der Waals surface area contributed by atoms with Gasteiger partial charge in [0.1, 0.15) is 22.7 Å². The Labute approximate surface area is 410 Å². The summed E-state index contributed by atoms with van der Waals surface area (Å²) >= 11 is 1.49. The van der Waals surface area contributed by atoms with E-state index in [0.29, 0.717) is 29.3 Å². The molecule has 4 saturated heterocycles. The summed E-state index contributed by atoms with van der Waals surface area (Å²) < 4.78 is 0. The van der Waals surface area contributed by atoms with Gasteiger partial charge in [-0.25, -0.2) is 15.0 Å². The molecular weight excluding hydrogens is 909 g/mol. The van der Waals surface area contributed by atoms with Gasteiger partial charge in [-0.3, -0.25) is 34.2 Å². The van der Waals surface area contributed by atoms with Crippen molar-refractivity contribution in [1.82, 2.24) is 45.6 Å². The predicted molar refractivity (Wildman–Crippen MR) is 264 cm³/mol. The Bertz CT molecular complexity index is 2750. The number of fused-ring (bicyclic) bond motifs is 1. The van der Waals surface area contributed by atoms with Crippen LogP contribution in [0.1, 0.15) is 87.8 Å². The Morgan fingerprint density at radius 3 is 2.24 bits per heavy atom. The lowest BCUT2D eigenvalue weighted by molar-refractivity contribution is -0.136. The van der Waals surface area contributed by atoms with E-state index in [1.165, 1.54) is 16.7 Å². The summed E-state index contributed by atoms with van der Waals surface area (Å²) in [5.41, 5.74) is 9.66. The van der Waals surface area contributed by atoms with E-state index in [-0.39, 0.29) is 54.4 Å². The molecule has 5 aromatic rings. The third-order valence-corrected chi connectivity index (χ3v) is 14.9. The van der Waals surface area contributed by atoms with Gasteiger partial charge in [-0.05, 0) is 98.7 Å². The van der Waals surface area contributed by atoms with Crippen LogP contribution in [0.25, 0.3) is 0 Å². The Hall–Kier alpha value is -7.03. The molecule has 362 valence electrons. The molecule has 0 saturated carbocycles. The highest BCUT2D eigenvalue weighted by Gasteiger charge is 2.39. The molecule has 5 N–H and O–H groups in total. The van der Waals surface area contributed by atoms with E-state index in [1.54, 1.807) is 30.6 Å². The van der Waals surface area contributed by atoms with Gasteiger partial charge < -0.3 is 36.0 Å². The molecule has 0 spiro atoms. The average molecular weight is 965 g/mol. The van der Waals surface area contributed by atoms with Crippen molar-refractivity contribution >= 4 is 64.4 Å². The normalized spacial score (nSPS) is 19.7. The lowest BCUT2D eigenvalue weighted by Gasteiger charge is -2.43. The van der Waals surface area contributed by atoms with Crippen molar-refractivity contribution in [3.8, 4) is 0 Å². The van der Waals surface area contributed by atoms with Crippen molar-refractivity contribution in [2.75, 3.05) is 72.4 Å². The molecule has 19 nitrogen and oxygen atoms in total. The molecule has 70 heavy (non-hydrogen) atoms. The second kappa shape index (κ2) is 20.1. The first-order chi connectivity index (χ1) is 33.9. The van der Waals surface area contributed by atoms with Gasteiger partial charge in [0.2, 0.25) is 11.8 Å². The van der Waals surface area contributed by atoms with E-state index in [2.05, 4.69) is 62.6 Å². The summed E-state index contributed by atoms with van der Waals surface area (Å²) in [6.45, 7) is 9.46. The topological polar surface area (TPSA) is 228 Å². The number of rotatable bonds is 12. The lowest BCUT2D eigenvalue weighted by Crippen LogP contribution is -2.53. The van der Waals surface area contributed by atoms with Crippen LogP contribution in [0.5, 0.6) is 0 Å². The minimum atomic E-state index is -0.681. The largest absolute Gasteiger partial charge is 0.357 e. The van der Waals surface area contributed by atoms with Crippen molar-refractivity contribution in [2.45, 2.75) is 86.1 Å². The molecular formula is C50H56N14O5S.